The van der Waals surface area contributed by atoms with Crippen LogP contribution in [-0.4, -0.2) is 19.3 Å². The smallest absolute Gasteiger partial charge is 0.509 e. The van der Waals surface area contributed by atoms with E-state index < -0.39 is 0 Å². The van der Waals surface area contributed by atoms with Gasteiger partial charge < -0.3 is 9.30 Å². The van der Waals surface area contributed by atoms with Crippen molar-refractivity contribution in [1.82, 2.24) is 19.3 Å². The molecule has 0 saturated heterocycles. The monoisotopic (exact) mass is 780 g/mol. The zero-order valence-electron chi connectivity index (χ0n) is 26.2. The molecule has 3 heterocycles. The fourth-order valence-electron chi connectivity index (χ4n) is 5.97. The van der Waals surface area contributed by atoms with Crippen LogP contribution < -0.4 is 4.74 Å². The maximum atomic E-state index is 7.36. The Hall–Kier alpha value is -4.98. The Bertz CT molecular complexity index is 2260. The summed E-state index contributed by atoms with van der Waals surface area (Å²) in [7, 11) is 0. The second-order valence-corrected chi connectivity index (χ2v) is 12.3. The number of rotatable bonds is 5. The summed E-state index contributed by atoms with van der Waals surface area (Å²) >= 11 is 0. The van der Waals surface area contributed by atoms with Crippen LogP contribution in [0.3, 0.4) is 0 Å². The van der Waals surface area contributed by atoms with Gasteiger partial charge in [-0.05, 0) is 59.7 Å². The Morgan fingerprint density at radius 1 is 0.848 bits per heavy atom. The summed E-state index contributed by atoms with van der Waals surface area (Å²) in [5, 5.41) is 6.84. The molecule has 0 aliphatic carbocycles. The zero-order valence-corrected chi connectivity index (χ0v) is 28.5. The summed E-state index contributed by atoms with van der Waals surface area (Å²) in [5.74, 6) is 1.99. The van der Waals surface area contributed by atoms with Gasteiger partial charge >= 0.3 is 21.1 Å². The molecule has 228 valence electrons. The number of benzene rings is 4. The van der Waals surface area contributed by atoms with Crippen molar-refractivity contribution in [1.29, 1.82) is 0 Å². The van der Waals surface area contributed by atoms with Gasteiger partial charge in [-0.25, -0.2) is 9.83 Å². The molecule has 0 aliphatic heterocycles. The largest absolute Gasteiger partial charge is 2.00 e. The topological polar surface area (TPSA) is 49.2 Å². The molecule has 0 unspecified atom stereocenters. The molecule has 0 bridgehead atoms. The Labute approximate surface area is 283 Å². The predicted octanol–water partition coefficient (Wildman–Crippen LogP) is 9.89. The summed E-state index contributed by atoms with van der Waals surface area (Å²) in [6.07, 6.45) is 5.71. The molecule has 0 saturated carbocycles. The van der Waals surface area contributed by atoms with E-state index in [4.69, 9.17) is 16.3 Å². The summed E-state index contributed by atoms with van der Waals surface area (Å²) in [4.78, 5) is 8.36. The van der Waals surface area contributed by atoms with Gasteiger partial charge in [0.15, 0.2) is 5.69 Å². The third-order valence-corrected chi connectivity index (χ3v) is 8.13. The maximum absolute atomic E-state index is 7.36. The van der Waals surface area contributed by atoms with Crippen molar-refractivity contribution >= 4 is 27.5 Å². The van der Waals surface area contributed by atoms with E-state index in [9.17, 15) is 0 Å². The van der Waals surface area contributed by atoms with Crippen molar-refractivity contribution < 1.29 is 25.8 Å². The molecule has 7 rings (SSSR count). The average Bonchev–Trinajstić information content (AvgIpc) is 3.63. The number of ether oxygens (including phenoxy) is 1. The van der Waals surface area contributed by atoms with E-state index >= 15 is 0 Å². The first-order chi connectivity index (χ1) is 21.7. The molecule has 4 aromatic carbocycles. The second kappa shape index (κ2) is 12.1. The summed E-state index contributed by atoms with van der Waals surface area (Å²) in [6.45, 7) is 18.0. The zero-order chi connectivity index (χ0) is 31.3. The minimum Gasteiger partial charge on any atom is -0.509 e. The van der Waals surface area contributed by atoms with Gasteiger partial charge in [0.25, 0.3) is 0 Å². The Morgan fingerprint density at radius 2 is 1.61 bits per heavy atom. The Balaban J connectivity index is 0.00000372. The number of aryl methyl sites for hydroxylation is 2. The van der Waals surface area contributed by atoms with Crippen LogP contribution in [0.5, 0.6) is 11.5 Å². The predicted molar refractivity (Wildman–Crippen MR) is 180 cm³/mol. The van der Waals surface area contributed by atoms with Crippen LogP contribution in [0.1, 0.15) is 37.5 Å². The number of pyridine rings is 1. The summed E-state index contributed by atoms with van der Waals surface area (Å²) in [6, 6.07) is 33.1. The van der Waals surface area contributed by atoms with Crippen LogP contribution >= 0.6 is 0 Å². The molecule has 3 aromatic heterocycles. The Kier molecular flexibility index (Phi) is 8.15. The molecule has 0 fully saturated rings. The van der Waals surface area contributed by atoms with Crippen LogP contribution in [0.2, 0.25) is 0 Å². The first-order valence-electron chi connectivity index (χ1n) is 14.9. The first-order valence-corrected chi connectivity index (χ1v) is 14.9. The summed E-state index contributed by atoms with van der Waals surface area (Å²) < 4.78 is 10.3. The van der Waals surface area contributed by atoms with Gasteiger partial charge in [0.2, 0.25) is 0 Å². The third-order valence-electron chi connectivity index (χ3n) is 8.13. The van der Waals surface area contributed by atoms with E-state index in [1.165, 1.54) is 5.56 Å². The minimum absolute atomic E-state index is 0. The molecule has 0 amide bonds. The Morgan fingerprint density at radius 3 is 2.37 bits per heavy atom. The molecule has 0 N–H and O–H groups in total. The van der Waals surface area contributed by atoms with E-state index in [1.54, 1.807) is 4.68 Å². The first kappa shape index (κ1) is 31.0. The molecule has 0 spiro atoms. The number of hydrogen-bond acceptors (Lipinski definition) is 3. The summed E-state index contributed by atoms with van der Waals surface area (Å²) in [5.41, 5.74) is 8.73. The fourth-order valence-corrected chi connectivity index (χ4v) is 5.97. The van der Waals surface area contributed by atoms with Gasteiger partial charge in [-0.3, -0.25) is 4.68 Å². The van der Waals surface area contributed by atoms with Crippen molar-refractivity contribution in [3.8, 4) is 34.1 Å². The van der Waals surface area contributed by atoms with Crippen molar-refractivity contribution in [3.63, 3.8) is 0 Å². The van der Waals surface area contributed by atoms with Crippen LogP contribution in [0.25, 0.3) is 49.3 Å². The van der Waals surface area contributed by atoms with Crippen molar-refractivity contribution in [2.75, 3.05) is 0 Å². The van der Waals surface area contributed by atoms with E-state index in [2.05, 4.69) is 89.9 Å². The number of hydrogen-bond donors (Lipinski definition) is 0. The third kappa shape index (κ3) is 5.64. The van der Waals surface area contributed by atoms with Gasteiger partial charge in [-0.1, -0.05) is 67.7 Å². The second-order valence-electron chi connectivity index (χ2n) is 12.3. The van der Waals surface area contributed by atoms with Gasteiger partial charge in [-0.2, -0.15) is 17.2 Å². The van der Waals surface area contributed by atoms with E-state index in [0.717, 1.165) is 55.6 Å². The van der Waals surface area contributed by atoms with Crippen molar-refractivity contribution in [2.45, 2.75) is 40.0 Å². The van der Waals surface area contributed by atoms with E-state index in [0.29, 0.717) is 17.2 Å². The van der Waals surface area contributed by atoms with Gasteiger partial charge in [-0.15, -0.1) is 35.7 Å². The minimum atomic E-state index is -0.00860. The quantitative estimate of drug-likeness (QED) is 0.164. The van der Waals surface area contributed by atoms with Crippen LogP contribution in [0, 0.1) is 32.6 Å². The number of para-hydroxylation sites is 1. The van der Waals surface area contributed by atoms with E-state index in [1.807, 2.05) is 68.8 Å². The standard InChI is InChI=1S/C39H31N5O.Pt/c1-25-18-29(40-6)19-26(2)38(25)27-23-42-43(24-27)30-10-9-11-31(21-30)45-32-14-15-34-33-12-7-8-13-35(33)44(36(34)22-32)37-20-28(16-17-41-37)39(3,4)5;/h7-20,23-24H,1-5H3;/q-2;+2. The van der Waals surface area contributed by atoms with Crippen molar-refractivity contribution in [3.05, 3.63) is 138 Å². The van der Waals surface area contributed by atoms with Gasteiger partial charge in [0.05, 0.1) is 12.8 Å². The average molecular weight is 781 g/mol. The van der Waals surface area contributed by atoms with E-state index in [-0.39, 0.29) is 26.5 Å². The molecule has 6 nitrogen and oxygen atoms in total. The van der Waals surface area contributed by atoms with Crippen molar-refractivity contribution in [2.24, 2.45) is 0 Å². The molecule has 0 atom stereocenters. The number of fused-ring (bicyclic) bond motifs is 3. The number of aromatic nitrogens is 4. The maximum Gasteiger partial charge on any atom is 2.00 e. The van der Waals surface area contributed by atoms with Crippen LogP contribution in [0.4, 0.5) is 5.69 Å². The SMILES string of the molecule is [C-]#[N+]c1cc(C)c(-c2cnn(-c3[c-]c(Oc4[c-]c5c(cc4)c4ccccc4n5-c4cc(C(C)(C)C)ccn4)ccc3)c2)c(C)c1.[Pt+2]. The van der Waals surface area contributed by atoms with Gasteiger partial charge in [0, 0.05) is 35.0 Å². The molecule has 7 heteroatoms. The molecular weight excluding hydrogens is 750 g/mol. The normalized spacial score (nSPS) is 11.4. The molecule has 46 heavy (non-hydrogen) atoms. The van der Waals surface area contributed by atoms with Crippen LogP contribution in [-0.2, 0) is 26.5 Å². The molecular formula is C39H31N5OPt. The fraction of sp³-hybridized carbons (Fsp3) is 0.154. The van der Waals surface area contributed by atoms with Gasteiger partial charge in [0.1, 0.15) is 5.82 Å². The molecule has 7 aromatic rings. The van der Waals surface area contributed by atoms with Crippen LogP contribution in [0.15, 0.2) is 97.5 Å². The number of nitrogens with zero attached hydrogens (tertiary/aromatic N) is 5. The molecule has 0 radical (unpaired) electrons. The molecule has 0 aliphatic rings.